The van der Waals surface area contributed by atoms with Gasteiger partial charge in [-0.25, -0.2) is 0 Å². The van der Waals surface area contributed by atoms with Crippen LogP contribution in [0.1, 0.15) is 31.1 Å². The Kier molecular flexibility index (Phi) is 3.85. The molecule has 0 aliphatic rings. The summed E-state index contributed by atoms with van der Waals surface area (Å²) in [6, 6.07) is 7.27. The van der Waals surface area contributed by atoms with Crippen molar-refractivity contribution in [2.75, 3.05) is 0 Å². The van der Waals surface area contributed by atoms with Gasteiger partial charge >= 0.3 is 5.97 Å². The van der Waals surface area contributed by atoms with Crippen molar-refractivity contribution in [2.24, 2.45) is 5.16 Å². The molecule has 80 valence electrons. The molecule has 0 aliphatic heterocycles. The average molecular weight is 207 g/mol. The molecule has 0 heterocycles. The van der Waals surface area contributed by atoms with Crippen LogP contribution in [-0.4, -0.2) is 17.4 Å². The Balaban J connectivity index is 2.96. The smallest absolute Gasteiger partial charge is 0.303 e. The van der Waals surface area contributed by atoms with Crippen LogP contribution in [0.5, 0.6) is 0 Å². The molecule has 0 aromatic heterocycles. The van der Waals surface area contributed by atoms with Gasteiger partial charge in [0, 0.05) is 18.1 Å². The molecule has 0 saturated heterocycles. The van der Waals surface area contributed by atoms with Crippen LogP contribution >= 0.6 is 0 Å². The van der Waals surface area contributed by atoms with E-state index < -0.39 is 0 Å². The zero-order chi connectivity index (χ0) is 11.3. The van der Waals surface area contributed by atoms with Gasteiger partial charge in [0.1, 0.15) is 6.10 Å². The molecular formula is C11H13NO3. The predicted molar refractivity (Wildman–Crippen MR) is 56.0 cm³/mol. The summed E-state index contributed by atoms with van der Waals surface area (Å²) in [5.41, 5.74) is 1.54. The van der Waals surface area contributed by atoms with Crippen molar-refractivity contribution in [2.45, 2.75) is 20.0 Å². The van der Waals surface area contributed by atoms with E-state index in [0.717, 1.165) is 11.1 Å². The fourth-order valence-corrected chi connectivity index (χ4v) is 1.37. The summed E-state index contributed by atoms with van der Waals surface area (Å²) in [4.78, 5) is 10.8. The maximum Gasteiger partial charge on any atom is 0.303 e. The predicted octanol–water partition coefficient (Wildman–Crippen LogP) is 2.12. The van der Waals surface area contributed by atoms with Gasteiger partial charge in [0.2, 0.25) is 0 Å². The molecule has 0 fully saturated rings. The monoisotopic (exact) mass is 207 g/mol. The molecule has 1 atom stereocenters. The van der Waals surface area contributed by atoms with Gasteiger partial charge in [-0.2, -0.15) is 0 Å². The molecule has 0 spiro atoms. The van der Waals surface area contributed by atoms with Gasteiger partial charge < -0.3 is 9.94 Å². The first kappa shape index (κ1) is 11.2. The quantitative estimate of drug-likeness (QED) is 0.357. The van der Waals surface area contributed by atoms with Crippen LogP contribution in [0.2, 0.25) is 0 Å². The molecular weight excluding hydrogens is 194 g/mol. The number of carbonyl (C=O) groups excluding carboxylic acids is 1. The van der Waals surface area contributed by atoms with E-state index in [1.165, 1.54) is 13.1 Å². The van der Waals surface area contributed by atoms with Crippen LogP contribution in [-0.2, 0) is 9.53 Å². The summed E-state index contributed by atoms with van der Waals surface area (Å²) in [5.74, 6) is -0.335. The number of nitrogens with zero attached hydrogens (tertiary/aromatic N) is 1. The molecule has 0 bridgehead atoms. The minimum Gasteiger partial charge on any atom is -0.458 e. The number of hydrogen-bond acceptors (Lipinski definition) is 4. The minimum absolute atomic E-state index is 0.335. The van der Waals surface area contributed by atoms with Crippen LogP contribution in [0.25, 0.3) is 0 Å². The molecule has 1 aromatic rings. The van der Waals surface area contributed by atoms with Crippen LogP contribution in [0.15, 0.2) is 29.4 Å². The fourth-order valence-electron chi connectivity index (χ4n) is 1.37. The van der Waals surface area contributed by atoms with Crippen LogP contribution < -0.4 is 0 Å². The number of hydrogen-bond donors (Lipinski definition) is 1. The fraction of sp³-hybridized carbons (Fsp3) is 0.273. The van der Waals surface area contributed by atoms with Gasteiger partial charge in [-0.3, -0.25) is 4.79 Å². The topological polar surface area (TPSA) is 58.9 Å². The third-order valence-corrected chi connectivity index (χ3v) is 1.97. The van der Waals surface area contributed by atoms with Crippen molar-refractivity contribution in [1.82, 2.24) is 0 Å². The SMILES string of the molecule is CC(=O)OC(C)c1ccccc1/C=N/O. The number of rotatable bonds is 3. The van der Waals surface area contributed by atoms with Crippen molar-refractivity contribution in [3.05, 3.63) is 35.4 Å². The molecule has 0 saturated carbocycles. The first-order valence-electron chi connectivity index (χ1n) is 4.58. The van der Waals surface area contributed by atoms with E-state index in [4.69, 9.17) is 9.94 Å². The lowest BCUT2D eigenvalue weighted by atomic mass is 10.0. The van der Waals surface area contributed by atoms with Gasteiger partial charge in [0.15, 0.2) is 0 Å². The van der Waals surface area contributed by atoms with Crippen molar-refractivity contribution < 1.29 is 14.7 Å². The zero-order valence-electron chi connectivity index (χ0n) is 8.68. The number of oxime groups is 1. The van der Waals surface area contributed by atoms with Gasteiger partial charge in [0.25, 0.3) is 0 Å². The maximum atomic E-state index is 10.8. The minimum atomic E-state index is -0.350. The second-order valence-corrected chi connectivity index (χ2v) is 3.13. The highest BCUT2D eigenvalue weighted by Gasteiger charge is 2.11. The second kappa shape index (κ2) is 5.14. The van der Waals surface area contributed by atoms with E-state index >= 15 is 0 Å². The van der Waals surface area contributed by atoms with Gasteiger partial charge in [-0.1, -0.05) is 29.4 Å². The highest BCUT2D eigenvalue weighted by Crippen LogP contribution is 2.19. The number of esters is 1. The summed E-state index contributed by atoms with van der Waals surface area (Å²) in [6.45, 7) is 3.13. The Morgan fingerprint density at radius 3 is 2.80 bits per heavy atom. The summed E-state index contributed by atoms with van der Waals surface area (Å²) in [5, 5.41) is 11.4. The number of ether oxygens (including phenoxy) is 1. The lowest BCUT2D eigenvalue weighted by molar-refractivity contribution is -0.145. The third kappa shape index (κ3) is 3.09. The summed E-state index contributed by atoms with van der Waals surface area (Å²) in [7, 11) is 0. The Bertz CT molecular complexity index is 374. The van der Waals surface area contributed by atoms with Gasteiger partial charge in [0.05, 0.1) is 6.21 Å². The highest BCUT2D eigenvalue weighted by molar-refractivity contribution is 5.81. The van der Waals surface area contributed by atoms with Crippen molar-refractivity contribution in [1.29, 1.82) is 0 Å². The lowest BCUT2D eigenvalue weighted by Gasteiger charge is -2.14. The third-order valence-electron chi connectivity index (χ3n) is 1.97. The largest absolute Gasteiger partial charge is 0.458 e. The number of carbonyl (C=O) groups is 1. The standard InChI is InChI=1S/C11H13NO3/c1-8(15-9(2)13)11-6-4-3-5-10(11)7-12-14/h3-8,14H,1-2H3/b12-7+. The second-order valence-electron chi connectivity index (χ2n) is 3.13. The molecule has 1 aromatic carbocycles. The van der Waals surface area contributed by atoms with E-state index in [1.807, 2.05) is 18.2 Å². The Labute approximate surface area is 88.2 Å². The Hall–Kier alpha value is -1.84. The molecule has 0 radical (unpaired) electrons. The molecule has 0 amide bonds. The lowest BCUT2D eigenvalue weighted by Crippen LogP contribution is -2.07. The van der Waals surface area contributed by atoms with E-state index in [2.05, 4.69) is 5.16 Å². The molecule has 1 rings (SSSR count). The first-order valence-corrected chi connectivity index (χ1v) is 4.58. The maximum absolute atomic E-state index is 10.8. The molecule has 1 unspecified atom stereocenters. The van der Waals surface area contributed by atoms with Crippen molar-refractivity contribution in [3.8, 4) is 0 Å². The van der Waals surface area contributed by atoms with E-state index in [0.29, 0.717) is 0 Å². The Morgan fingerprint density at radius 2 is 2.20 bits per heavy atom. The van der Waals surface area contributed by atoms with Crippen molar-refractivity contribution in [3.63, 3.8) is 0 Å². The van der Waals surface area contributed by atoms with E-state index in [-0.39, 0.29) is 12.1 Å². The summed E-state index contributed by atoms with van der Waals surface area (Å²) >= 11 is 0. The zero-order valence-corrected chi connectivity index (χ0v) is 8.68. The van der Waals surface area contributed by atoms with Crippen LogP contribution in [0, 0.1) is 0 Å². The molecule has 4 nitrogen and oxygen atoms in total. The first-order chi connectivity index (χ1) is 7.15. The summed E-state index contributed by atoms with van der Waals surface area (Å²) in [6.07, 6.45) is 0.965. The molecule has 0 aliphatic carbocycles. The highest BCUT2D eigenvalue weighted by atomic mass is 16.5. The normalized spacial score (nSPS) is 12.7. The summed E-state index contributed by atoms with van der Waals surface area (Å²) < 4.78 is 5.04. The van der Waals surface area contributed by atoms with Crippen molar-refractivity contribution >= 4 is 12.2 Å². The van der Waals surface area contributed by atoms with E-state index in [1.54, 1.807) is 13.0 Å². The Morgan fingerprint density at radius 1 is 1.53 bits per heavy atom. The molecule has 1 N–H and O–H groups in total. The number of benzene rings is 1. The molecule has 15 heavy (non-hydrogen) atoms. The van der Waals surface area contributed by atoms with Crippen LogP contribution in [0.3, 0.4) is 0 Å². The van der Waals surface area contributed by atoms with Gasteiger partial charge in [-0.15, -0.1) is 0 Å². The van der Waals surface area contributed by atoms with Crippen LogP contribution in [0.4, 0.5) is 0 Å². The average Bonchev–Trinajstić information content (AvgIpc) is 2.18. The van der Waals surface area contributed by atoms with Gasteiger partial charge in [-0.05, 0) is 6.92 Å². The van der Waals surface area contributed by atoms with E-state index in [9.17, 15) is 4.79 Å². The molecule has 4 heteroatoms.